The fourth-order valence-corrected chi connectivity index (χ4v) is 3.01. The summed E-state index contributed by atoms with van der Waals surface area (Å²) in [6.45, 7) is 1.83. The Hall–Kier alpha value is -1.67. The number of aromatic amines is 1. The fraction of sp³-hybridized carbons (Fsp3) is 0.111. The lowest BCUT2D eigenvalue weighted by molar-refractivity contribution is 0.600. The molecule has 8 heteroatoms. The van der Waals surface area contributed by atoms with Gasteiger partial charge in [-0.1, -0.05) is 0 Å². The Morgan fingerprint density at radius 1 is 1.41 bits per heavy atom. The largest absolute Gasteiger partial charge is 0.328 e. The van der Waals surface area contributed by atoms with Crippen LogP contribution in [-0.2, 0) is 10.0 Å². The van der Waals surface area contributed by atoms with Gasteiger partial charge in [0.05, 0.1) is 0 Å². The molecule has 6 nitrogen and oxygen atoms in total. The SMILES string of the molecule is Cc1cnc(NS(=O)(=O)c2ccc(=O)[nH]c2)s1. The van der Waals surface area contributed by atoms with Crippen molar-refractivity contribution in [1.82, 2.24) is 9.97 Å². The van der Waals surface area contributed by atoms with E-state index in [0.29, 0.717) is 5.13 Å². The van der Waals surface area contributed by atoms with E-state index in [4.69, 9.17) is 0 Å². The Bertz CT molecular complexity index is 667. The van der Waals surface area contributed by atoms with Crippen LogP contribution in [0.2, 0.25) is 0 Å². The molecular weight excluding hydrogens is 262 g/mol. The number of aromatic nitrogens is 2. The molecule has 0 saturated heterocycles. The first-order valence-corrected chi connectivity index (χ1v) is 6.91. The lowest BCUT2D eigenvalue weighted by atomic mass is 10.5. The van der Waals surface area contributed by atoms with Crippen molar-refractivity contribution in [1.29, 1.82) is 0 Å². The van der Waals surface area contributed by atoms with Gasteiger partial charge in [0.25, 0.3) is 10.0 Å². The summed E-state index contributed by atoms with van der Waals surface area (Å²) in [5.41, 5.74) is -0.353. The van der Waals surface area contributed by atoms with Crippen molar-refractivity contribution >= 4 is 26.5 Å². The third-order valence-electron chi connectivity index (χ3n) is 1.91. The summed E-state index contributed by atoms with van der Waals surface area (Å²) in [6, 6.07) is 2.39. The van der Waals surface area contributed by atoms with Crippen LogP contribution in [0.1, 0.15) is 4.88 Å². The second-order valence-electron chi connectivity index (χ2n) is 3.27. The molecule has 0 aliphatic carbocycles. The first-order chi connectivity index (χ1) is 7.97. The fourth-order valence-electron chi connectivity index (χ4n) is 1.14. The number of sulfonamides is 1. The van der Waals surface area contributed by atoms with Gasteiger partial charge in [-0.25, -0.2) is 13.4 Å². The van der Waals surface area contributed by atoms with Gasteiger partial charge in [0.15, 0.2) is 5.13 Å². The number of nitrogens with one attached hydrogen (secondary N) is 2. The van der Waals surface area contributed by atoms with E-state index < -0.39 is 10.0 Å². The molecule has 0 unspecified atom stereocenters. The average molecular weight is 271 g/mol. The van der Waals surface area contributed by atoms with Crippen LogP contribution in [-0.4, -0.2) is 18.4 Å². The van der Waals surface area contributed by atoms with Crippen LogP contribution in [0.15, 0.2) is 34.2 Å². The molecular formula is C9H9N3O3S2. The van der Waals surface area contributed by atoms with Crippen LogP contribution >= 0.6 is 11.3 Å². The molecule has 0 radical (unpaired) electrons. The number of H-pyrrole nitrogens is 1. The van der Waals surface area contributed by atoms with Gasteiger partial charge in [0, 0.05) is 23.3 Å². The summed E-state index contributed by atoms with van der Waals surface area (Å²) < 4.78 is 26.0. The third-order valence-corrected chi connectivity index (χ3v) is 4.20. The summed E-state index contributed by atoms with van der Waals surface area (Å²) in [6.07, 6.45) is 2.72. The summed E-state index contributed by atoms with van der Waals surface area (Å²) in [7, 11) is -3.69. The predicted octanol–water partition coefficient (Wildman–Crippen LogP) is 0.941. The first kappa shape index (κ1) is 11.8. The second-order valence-corrected chi connectivity index (χ2v) is 6.19. The molecule has 0 bridgehead atoms. The number of aryl methyl sites for hydroxylation is 1. The third kappa shape index (κ3) is 2.71. The maximum Gasteiger partial charge on any atom is 0.265 e. The maximum atomic E-state index is 11.9. The van der Waals surface area contributed by atoms with Gasteiger partial charge in [0.2, 0.25) is 5.56 Å². The van der Waals surface area contributed by atoms with Gasteiger partial charge < -0.3 is 4.98 Å². The van der Waals surface area contributed by atoms with Crippen LogP contribution in [0.4, 0.5) is 5.13 Å². The standard InChI is InChI=1S/C9H9N3O3S2/c1-6-4-11-9(16-6)12-17(14,15)7-2-3-8(13)10-5-7/h2-5H,1H3,(H,10,13)(H,11,12). The molecule has 0 spiro atoms. The van der Waals surface area contributed by atoms with E-state index in [1.807, 2.05) is 6.92 Å². The van der Waals surface area contributed by atoms with E-state index in [1.165, 1.54) is 17.4 Å². The Morgan fingerprint density at radius 2 is 2.18 bits per heavy atom. The highest BCUT2D eigenvalue weighted by molar-refractivity contribution is 7.93. The van der Waals surface area contributed by atoms with Crippen LogP contribution in [0.3, 0.4) is 0 Å². The van der Waals surface area contributed by atoms with E-state index in [1.54, 1.807) is 6.20 Å². The van der Waals surface area contributed by atoms with Crippen molar-refractivity contribution in [3.8, 4) is 0 Å². The minimum absolute atomic E-state index is 0.00930. The van der Waals surface area contributed by atoms with Crippen LogP contribution < -0.4 is 10.3 Å². The van der Waals surface area contributed by atoms with Crippen LogP contribution in [0.5, 0.6) is 0 Å². The molecule has 0 aliphatic rings. The lowest BCUT2D eigenvalue weighted by Gasteiger charge is -2.03. The normalized spacial score (nSPS) is 11.4. The lowest BCUT2D eigenvalue weighted by Crippen LogP contribution is -2.14. The molecule has 0 aromatic carbocycles. The van der Waals surface area contributed by atoms with E-state index in [-0.39, 0.29) is 10.5 Å². The molecule has 2 heterocycles. The van der Waals surface area contributed by atoms with Gasteiger partial charge in [-0.05, 0) is 13.0 Å². The molecule has 2 rings (SSSR count). The topological polar surface area (TPSA) is 91.9 Å². The number of rotatable bonds is 3. The summed E-state index contributed by atoms with van der Waals surface area (Å²) in [4.78, 5) is 17.9. The highest BCUT2D eigenvalue weighted by Crippen LogP contribution is 2.20. The minimum atomic E-state index is -3.69. The minimum Gasteiger partial charge on any atom is -0.328 e. The molecule has 0 aliphatic heterocycles. The second kappa shape index (κ2) is 4.30. The average Bonchev–Trinajstić information content (AvgIpc) is 2.63. The van der Waals surface area contributed by atoms with Crippen molar-refractivity contribution in [2.45, 2.75) is 11.8 Å². The molecule has 2 aromatic rings. The zero-order chi connectivity index (χ0) is 12.5. The van der Waals surface area contributed by atoms with Crippen molar-refractivity contribution in [3.05, 3.63) is 39.8 Å². The molecule has 0 amide bonds. The monoisotopic (exact) mass is 271 g/mol. The number of hydrogen-bond donors (Lipinski definition) is 2. The van der Waals surface area contributed by atoms with Crippen molar-refractivity contribution in [3.63, 3.8) is 0 Å². The number of nitrogens with zero attached hydrogens (tertiary/aromatic N) is 1. The zero-order valence-electron chi connectivity index (χ0n) is 8.80. The van der Waals surface area contributed by atoms with Gasteiger partial charge in [-0.15, -0.1) is 11.3 Å². The molecule has 17 heavy (non-hydrogen) atoms. The van der Waals surface area contributed by atoms with E-state index >= 15 is 0 Å². The molecule has 0 saturated carbocycles. The molecule has 0 fully saturated rings. The van der Waals surface area contributed by atoms with Crippen molar-refractivity contribution in [2.24, 2.45) is 0 Å². The Kier molecular flexibility index (Phi) is 2.99. The van der Waals surface area contributed by atoms with Crippen molar-refractivity contribution in [2.75, 3.05) is 4.72 Å². The first-order valence-electron chi connectivity index (χ1n) is 4.61. The van der Waals surface area contributed by atoms with E-state index in [9.17, 15) is 13.2 Å². The quantitative estimate of drug-likeness (QED) is 0.869. The van der Waals surface area contributed by atoms with Crippen molar-refractivity contribution < 1.29 is 8.42 Å². The van der Waals surface area contributed by atoms with Gasteiger partial charge in [-0.2, -0.15) is 0 Å². The number of anilines is 1. The van der Waals surface area contributed by atoms with E-state index in [0.717, 1.165) is 17.1 Å². The summed E-state index contributed by atoms with van der Waals surface area (Å²) in [5, 5.41) is 0.300. The summed E-state index contributed by atoms with van der Waals surface area (Å²) >= 11 is 1.24. The Labute approximate surface area is 101 Å². The smallest absolute Gasteiger partial charge is 0.265 e. The number of pyridine rings is 1. The Balaban J connectivity index is 2.31. The highest BCUT2D eigenvalue weighted by atomic mass is 32.2. The maximum absolute atomic E-state index is 11.9. The molecule has 0 atom stereocenters. The number of thiazole rings is 1. The number of hydrogen-bond acceptors (Lipinski definition) is 5. The van der Waals surface area contributed by atoms with Gasteiger partial charge in [-0.3, -0.25) is 9.52 Å². The molecule has 2 aromatic heterocycles. The Morgan fingerprint density at radius 3 is 2.71 bits per heavy atom. The molecule has 90 valence electrons. The van der Waals surface area contributed by atoms with E-state index in [2.05, 4.69) is 14.7 Å². The predicted molar refractivity (Wildman–Crippen MR) is 64.7 cm³/mol. The molecule has 2 N–H and O–H groups in total. The van der Waals surface area contributed by atoms with Crippen LogP contribution in [0.25, 0.3) is 0 Å². The van der Waals surface area contributed by atoms with Gasteiger partial charge in [0.1, 0.15) is 4.90 Å². The van der Waals surface area contributed by atoms with Crippen LogP contribution in [0, 0.1) is 6.92 Å². The highest BCUT2D eigenvalue weighted by Gasteiger charge is 2.15. The zero-order valence-corrected chi connectivity index (χ0v) is 10.4. The summed E-state index contributed by atoms with van der Waals surface area (Å²) in [5.74, 6) is 0. The van der Waals surface area contributed by atoms with Gasteiger partial charge >= 0.3 is 0 Å².